The van der Waals surface area contributed by atoms with Crippen LogP contribution < -0.4 is 19.4 Å². The first-order valence-corrected chi connectivity index (χ1v) is 11.2. The van der Waals surface area contributed by atoms with Gasteiger partial charge in [0.1, 0.15) is 5.75 Å². The van der Waals surface area contributed by atoms with Gasteiger partial charge in [-0.25, -0.2) is 0 Å². The molecule has 4 heteroatoms. The van der Waals surface area contributed by atoms with E-state index in [4.69, 9.17) is 4.74 Å². The summed E-state index contributed by atoms with van der Waals surface area (Å²) in [7, 11) is 12.3. The second kappa shape index (κ2) is 8.09. The molecule has 1 aliphatic heterocycles. The van der Waals surface area contributed by atoms with Crippen molar-refractivity contribution >= 4 is 22.7 Å². The standard InChI is InChI=1S/C28H35N3O/c1-17-12-18(2)26(19(3)13-17)27-22-11-10-20(29(4)5)14-23(22)31(8)24-15-21(30(6)7)16-25(32-9)28(24)27/h10-16,27H,1-9H3. The third-order valence-electron chi connectivity index (χ3n) is 6.72. The minimum atomic E-state index is 0.110. The zero-order valence-corrected chi connectivity index (χ0v) is 20.9. The van der Waals surface area contributed by atoms with Crippen molar-refractivity contribution in [3.8, 4) is 5.75 Å². The first-order valence-electron chi connectivity index (χ1n) is 11.2. The Morgan fingerprint density at radius 2 is 1.34 bits per heavy atom. The molecule has 3 aromatic rings. The first-order chi connectivity index (χ1) is 15.1. The molecule has 0 bridgehead atoms. The number of hydrogen-bond donors (Lipinski definition) is 0. The number of nitrogens with zero attached hydrogens (tertiary/aromatic N) is 3. The van der Waals surface area contributed by atoms with E-state index in [9.17, 15) is 0 Å². The number of fused-ring (bicyclic) bond motifs is 2. The zero-order valence-electron chi connectivity index (χ0n) is 20.9. The number of methoxy groups -OCH3 is 1. The second-order valence-corrected chi connectivity index (χ2v) is 9.42. The molecule has 3 aromatic carbocycles. The molecule has 0 radical (unpaired) electrons. The van der Waals surface area contributed by atoms with Crippen LogP contribution in [0.3, 0.4) is 0 Å². The van der Waals surface area contributed by atoms with Gasteiger partial charge in [0.05, 0.1) is 12.8 Å². The van der Waals surface area contributed by atoms with Crippen molar-refractivity contribution in [2.45, 2.75) is 26.7 Å². The van der Waals surface area contributed by atoms with E-state index in [1.807, 2.05) is 0 Å². The molecule has 1 heterocycles. The van der Waals surface area contributed by atoms with E-state index >= 15 is 0 Å². The van der Waals surface area contributed by atoms with Crippen molar-refractivity contribution in [3.05, 3.63) is 75.8 Å². The summed E-state index contributed by atoms with van der Waals surface area (Å²) in [5.41, 5.74) is 12.6. The van der Waals surface area contributed by atoms with Crippen molar-refractivity contribution < 1.29 is 4.74 Å². The maximum Gasteiger partial charge on any atom is 0.127 e. The van der Waals surface area contributed by atoms with Crippen molar-refractivity contribution in [2.24, 2.45) is 0 Å². The monoisotopic (exact) mass is 429 g/mol. The Morgan fingerprint density at radius 3 is 1.91 bits per heavy atom. The predicted octanol–water partition coefficient (Wildman–Crippen LogP) is 6.01. The molecule has 0 aromatic heterocycles. The average Bonchev–Trinajstić information content (AvgIpc) is 2.74. The van der Waals surface area contributed by atoms with Crippen LogP contribution >= 0.6 is 0 Å². The van der Waals surface area contributed by atoms with Gasteiger partial charge >= 0.3 is 0 Å². The number of anilines is 4. The molecule has 4 nitrogen and oxygen atoms in total. The van der Waals surface area contributed by atoms with Crippen molar-refractivity contribution in [2.75, 3.05) is 57.0 Å². The normalized spacial score (nSPS) is 14.7. The summed E-state index contributed by atoms with van der Waals surface area (Å²) in [6, 6.07) is 15.9. The number of hydrogen-bond acceptors (Lipinski definition) is 4. The highest BCUT2D eigenvalue weighted by atomic mass is 16.5. The summed E-state index contributed by atoms with van der Waals surface area (Å²) in [5, 5.41) is 0. The molecular formula is C28H35N3O. The van der Waals surface area contributed by atoms with Crippen molar-refractivity contribution in [1.82, 2.24) is 0 Å². The molecule has 1 unspecified atom stereocenters. The average molecular weight is 430 g/mol. The Hall–Kier alpha value is -3.14. The van der Waals surface area contributed by atoms with Crippen LogP contribution in [-0.2, 0) is 0 Å². The second-order valence-electron chi connectivity index (χ2n) is 9.42. The van der Waals surface area contributed by atoms with Crippen molar-refractivity contribution in [1.29, 1.82) is 0 Å². The molecule has 0 spiro atoms. The van der Waals surface area contributed by atoms with Gasteiger partial charge in [-0.3, -0.25) is 0 Å². The fourth-order valence-corrected chi connectivity index (χ4v) is 5.17. The summed E-state index contributed by atoms with van der Waals surface area (Å²) in [4.78, 5) is 6.63. The van der Waals surface area contributed by atoms with Gasteiger partial charge in [-0.2, -0.15) is 0 Å². The van der Waals surface area contributed by atoms with Gasteiger partial charge in [0.2, 0.25) is 0 Å². The third-order valence-corrected chi connectivity index (χ3v) is 6.72. The fraction of sp³-hybridized carbons (Fsp3) is 0.357. The van der Waals surface area contributed by atoms with Gasteiger partial charge in [0.25, 0.3) is 0 Å². The maximum atomic E-state index is 6.02. The van der Waals surface area contributed by atoms with Crippen LogP contribution in [0, 0.1) is 20.8 Å². The predicted molar refractivity (Wildman–Crippen MR) is 138 cm³/mol. The quantitative estimate of drug-likeness (QED) is 0.505. The van der Waals surface area contributed by atoms with E-state index < -0.39 is 0 Å². The van der Waals surface area contributed by atoms with Crippen LogP contribution in [0.4, 0.5) is 22.7 Å². The molecular weight excluding hydrogens is 394 g/mol. The molecule has 32 heavy (non-hydrogen) atoms. The lowest BCUT2D eigenvalue weighted by atomic mass is 9.76. The van der Waals surface area contributed by atoms with E-state index in [0.29, 0.717) is 0 Å². The van der Waals surface area contributed by atoms with Gasteiger partial charge in [-0.1, -0.05) is 23.8 Å². The van der Waals surface area contributed by atoms with Crippen LogP contribution in [0.15, 0.2) is 42.5 Å². The number of benzene rings is 3. The molecule has 0 amide bonds. The molecule has 0 saturated heterocycles. The highest BCUT2D eigenvalue weighted by molar-refractivity contribution is 5.84. The summed E-state index contributed by atoms with van der Waals surface area (Å²) >= 11 is 0. The van der Waals surface area contributed by atoms with Gasteiger partial charge in [0, 0.05) is 69.8 Å². The van der Waals surface area contributed by atoms with Gasteiger partial charge < -0.3 is 19.4 Å². The Bertz CT molecular complexity index is 1160. The Morgan fingerprint density at radius 1 is 0.750 bits per heavy atom. The van der Waals surface area contributed by atoms with Crippen LogP contribution in [0.25, 0.3) is 0 Å². The van der Waals surface area contributed by atoms with E-state index in [0.717, 1.165) is 11.4 Å². The molecule has 4 rings (SSSR count). The van der Waals surface area contributed by atoms with E-state index in [1.54, 1.807) is 7.11 Å². The minimum absolute atomic E-state index is 0.110. The third kappa shape index (κ3) is 3.48. The zero-order chi connectivity index (χ0) is 23.3. The molecule has 0 fully saturated rings. The van der Waals surface area contributed by atoms with E-state index in [1.165, 1.54) is 50.4 Å². The number of rotatable bonds is 4. The SMILES string of the molecule is COc1cc(N(C)C)cc2c1C(c1c(C)cc(C)cc1C)c1ccc(N(C)C)cc1N2C. The highest BCUT2D eigenvalue weighted by Crippen LogP contribution is 2.54. The van der Waals surface area contributed by atoms with Gasteiger partial charge in [-0.15, -0.1) is 0 Å². The Labute approximate surface area is 193 Å². The lowest BCUT2D eigenvalue weighted by Crippen LogP contribution is -2.25. The Kier molecular flexibility index (Phi) is 5.58. The number of aryl methyl sites for hydroxylation is 3. The minimum Gasteiger partial charge on any atom is -0.496 e. The van der Waals surface area contributed by atoms with Gasteiger partial charge in [0.15, 0.2) is 0 Å². The molecule has 1 atom stereocenters. The summed E-state index contributed by atoms with van der Waals surface area (Å²) in [6.45, 7) is 6.65. The Balaban J connectivity index is 2.10. The molecule has 0 aliphatic carbocycles. The van der Waals surface area contributed by atoms with Crippen LogP contribution in [0.2, 0.25) is 0 Å². The first kappa shape index (κ1) is 22.1. The lowest BCUT2D eigenvalue weighted by Gasteiger charge is -2.39. The highest BCUT2D eigenvalue weighted by Gasteiger charge is 2.35. The van der Waals surface area contributed by atoms with Gasteiger partial charge in [-0.05, 0) is 61.2 Å². The van der Waals surface area contributed by atoms with Crippen LogP contribution in [0.5, 0.6) is 5.75 Å². The topological polar surface area (TPSA) is 19.0 Å². The van der Waals surface area contributed by atoms with Crippen molar-refractivity contribution in [3.63, 3.8) is 0 Å². The summed E-state index contributed by atoms with van der Waals surface area (Å²) < 4.78 is 6.02. The van der Waals surface area contributed by atoms with Crippen LogP contribution in [-0.4, -0.2) is 42.3 Å². The number of ether oxygens (including phenoxy) is 1. The molecule has 168 valence electrons. The fourth-order valence-electron chi connectivity index (χ4n) is 5.17. The molecule has 0 N–H and O–H groups in total. The summed E-state index contributed by atoms with van der Waals surface area (Å²) in [5.74, 6) is 1.05. The summed E-state index contributed by atoms with van der Waals surface area (Å²) in [6.07, 6.45) is 0. The largest absolute Gasteiger partial charge is 0.496 e. The molecule has 0 saturated carbocycles. The smallest absolute Gasteiger partial charge is 0.127 e. The van der Waals surface area contributed by atoms with Crippen LogP contribution in [0.1, 0.15) is 39.3 Å². The van der Waals surface area contributed by atoms with E-state index in [-0.39, 0.29) is 5.92 Å². The molecule has 1 aliphatic rings. The lowest BCUT2D eigenvalue weighted by molar-refractivity contribution is 0.409. The van der Waals surface area contributed by atoms with E-state index in [2.05, 4.69) is 113 Å². The maximum absolute atomic E-state index is 6.02.